The molecule has 0 unspecified atom stereocenters. The number of carbonyl (C=O) groups is 1. The average molecular weight is 309 g/mol. The molecule has 1 aliphatic rings. The van der Waals surface area contributed by atoms with E-state index in [1.54, 1.807) is 11.3 Å². The standard InChI is InChI=1S/C16H27N3OS/c1-12(2)11-19-7-4-14(5-8-19)18-16(20)17-10-15-13(3)6-9-21-15/h6,9,12,14H,4-5,7-8,10-11H2,1-3H3,(H2,17,18,20). The summed E-state index contributed by atoms with van der Waals surface area (Å²) in [6.07, 6.45) is 2.11. The topological polar surface area (TPSA) is 44.4 Å². The number of aryl methyl sites for hydroxylation is 1. The molecule has 1 aliphatic heterocycles. The van der Waals surface area contributed by atoms with Crippen molar-refractivity contribution in [1.29, 1.82) is 0 Å². The fourth-order valence-electron chi connectivity index (χ4n) is 2.76. The molecule has 0 spiro atoms. The minimum atomic E-state index is -0.0369. The van der Waals surface area contributed by atoms with Gasteiger partial charge in [-0.1, -0.05) is 13.8 Å². The van der Waals surface area contributed by atoms with Crippen molar-refractivity contribution in [2.75, 3.05) is 19.6 Å². The molecule has 1 aromatic rings. The highest BCUT2D eigenvalue weighted by Crippen LogP contribution is 2.15. The Bertz CT molecular complexity index is 450. The Morgan fingerprint density at radius 1 is 1.43 bits per heavy atom. The van der Waals surface area contributed by atoms with E-state index in [9.17, 15) is 4.79 Å². The van der Waals surface area contributed by atoms with E-state index in [4.69, 9.17) is 0 Å². The molecule has 0 saturated carbocycles. The molecule has 2 N–H and O–H groups in total. The van der Waals surface area contributed by atoms with E-state index in [0.29, 0.717) is 18.5 Å². The van der Waals surface area contributed by atoms with Gasteiger partial charge in [0.25, 0.3) is 0 Å². The van der Waals surface area contributed by atoms with Crippen LogP contribution in [0.15, 0.2) is 11.4 Å². The quantitative estimate of drug-likeness (QED) is 0.878. The maximum absolute atomic E-state index is 11.9. The van der Waals surface area contributed by atoms with E-state index < -0.39 is 0 Å². The fourth-order valence-corrected chi connectivity index (χ4v) is 3.60. The summed E-state index contributed by atoms with van der Waals surface area (Å²) in [5.74, 6) is 0.715. The molecular weight excluding hydrogens is 282 g/mol. The SMILES string of the molecule is Cc1ccsc1CNC(=O)NC1CCN(CC(C)C)CC1. The van der Waals surface area contributed by atoms with Crippen molar-refractivity contribution in [3.63, 3.8) is 0 Å². The first-order valence-electron chi connectivity index (χ1n) is 7.84. The maximum atomic E-state index is 11.9. The van der Waals surface area contributed by atoms with Gasteiger partial charge in [0.1, 0.15) is 0 Å². The number of piperidine rings is 1. The lowest BCUT2D eigenvalue weighted by Crippen LogP contribution is -2.48. The van der Waals surface area contributed by atoms with Gasteiger partial charge in [-0.05, 0) is 42.7 Å². The van der Waals surface area contributed by atoms with E-state index in [2.05, 4.69) is 47.8 Å². The lowest BCUT2D eigenvalue weighted by Gasteiger charge is -2.33. The minimum Gasteiger partial charge on any atom is -0.335 e. The molecule has 2 amide bonds. The highest BCUT2D eigenvalue weighted by Gasteiger charge is 2.20. The van der Waals surface area contributed by atoms with E-state index in [1.165, 1.54) is 10.4 Å². The molecule has 4 nitrogen and oxygen atoms in total. The Hall–Kier alpha value is -1.07. The first-order valence-corrected chi connectivity index (χ1v) is 8.72. The monoisotopic (exact) mass is 309 g/mol. The molecule has 1 aromatic heterocycles. The number of rotatable bonds is 5. The number of nitrogens with zero attached hydrogens (tertiary/aromatic N) is 1. The van der Waals surface area contributed by atoms with Crippen molar-refractivity contribution >= 4 is 17.4 Å². The van der Waals surface area contributed by atoms with Crippen LogP contribution in [0.3, 0.4) is 0 Å². The van der Waals surface area contributed by atoms with Crippen molar-refractivity contribution in [3.05, 3.63) is 21.9 Å². The number of hydrogen-bond donors (Lipinski definition) is 2. The second kappa shape index (κ2) is 7.80. The molecule has 2 rings (SSSR count). The van der Waals surface area contributed by atoms with Crippen LogP contribution in [0.25, 0.3) is 0 Å². The van der Waals surface area contributed by atoms with Crippen molar-refractivity contribution in [1.82, 2.24) is 15.5 Å². The summed E-state index contributed by atoms with van der Waals surface area (Å²) < 4.78 is 0. The van der Waals surface area contributed by atoms with Crippen LogP contribution in [0.1, 0.15) is 37.1 Å². The van der Waals surface area contributed by atoms with Crippen LogP contribution >= 0.6 is 11.3 Å². The predicted octanol–water partition coefficient (Wildman–Crippen LogP) is 2.98. The normalized spacial score (nSPS) is 17.1. The lowest BCUT2D eigenvalue weighted by molar-refractivity contribution is 0.178. The highest BCUT2D eigenvalue weighted by molar-refractivity contribution is 7.10. The Labute approximate surface area is 131 Å². The van der Waals surface area contributed by atoms with Gasteiger partial charge in [-0.3, -0.25) is 0 Å². The third kappa shape index (κ3) is 5.32. The largest absolute Gasteiger partial charge is 0.335 e. The fraction of sp³-hybridized carbons (Fsp3) is 0.688. The molecule has 118 valence electrons. The van der Waals surface area contributed by atoms with Crippen LogP contribution < -0.4 is 10.6 Å². The number of likely N-dealkylation sites (tertiary alicyclic amines) is 1. The second-order valence-electron chi connectivity index (χ2n) is 6.32. The molecule has 0 radical (unpaired) electrons. The zero-order chi connectivity index (χ0) is 15.2. The van der Waals surface area contributed by atoms with Gasteiger partial charge in [0.15, 0.2) is 0 Å². The number of nitrogens with one attached hydrogen (secondary N) is 2. The summed E-state index contributed by atoms with van der Waals surface area (Å²) in [5.41, 5.74) is 1.25. The van der Waals surface area contributed by atoms with Gasteiger partial charge >= 0.3 is 6.03 Å². The first kappa shape index (κ1) is 16.3. The summed E-state index contributed by atoms with van der Waals surface area (Å²) >= 11 is 1.69. The Morgan fingerprint density at radius 2 is 2.14 bits per heavy atom. The smallest absolute Gasteiger partial charge is 0.315 e. The predicted molar refractivity (Wildman–Crippen MR) is 88.7 cm³/mol. The number of urea groups is 1. The van der Waals surface area contributed by atoms with Crippen LogP contribution in [-0.4, -0.2) is 36.6 Å². The van der Waals surface area contributed by atoms with Crippen molar-refractivity contribution in [2.45, 2.75) is 46.2 Å². The highest BCUT2D eigenvalue weighted by atomic mass is 32.1. The number of thiophene rings is 1. The van der Waals surface area contributed by atoms with Gasteiger partial charge in [-0.2, -0.15) is 0 Å². The van der Waals surface area contributed by atoms with E-state index in [-0.39, 0.29) is 6.03 Å². The maximum Gasteiger partial charge on any atom is 0.315 e. The van der Waals surface area contributed by atoms with Gasteiger partial charge in [0.05, 0.1) is 6.54 Å². The van der Waals surface area contributed by atoms with Crippen LogP contribution in [0.2, 0.25) is 0 Å². The zero-order valence-corrected chi connectivity index (χ0v) is 14.1. The molecular formula is C16H27N3OS. The van der Waals surface area contributed by atoms with Crippen molar-refractivity contribution in [2.24, 2.45) is 5.92 Å². The summed E-state index contributed by atoms with van der Waals surface area (Å²) in [6.45, 7) is 10.6. The molecule has 2 heterocycles. The molecule has 0 bridgehead atoms. The molecule has 1 saturated heterocycles. The Balaban J connectivity index is 1.66. The number of carbonyl (C=O) groups excluding carboxylic acids is 1. The summed E-state index contributed by atoms with van der Waals surface area (Å²) in [7, 11) is 0. The summed E-state index contributed by atoms with van der Waals surface area (Å²) in [5, 5.41) is 8.13. The van der Waals surface area contributed by atoms with E-state index in [1.807, 2.05) is 0 Å². The average Bonchev–Trinajstić information content (AvgIpc) is 2.84. The minimum absolute atomic E-state index is 0.0369. The summed E-state index contributed by atoms with van der Waals surface area (Å²) in [6, 6.07) is 2.37. The van der Waals surface area contributed by atoms with Gasteiger partial charge in [0, 0.05) is 30.6 Å². The van der Waals surface area contributed by atoms with Crippen molar-refractivity contribution in [3.8, 4) is 0 Å². The number of hydrogen-bond acceptors (Lipinski definition) is 3. The Kier molecular flexibility index (Phi) is 6.06. The van der Waals surface area contributed by atoms with Crippen LogP contribution in [0.4, 0.5) is 4.79 Å². The lowest BCUT2D eigenvalue weighted by atomic mass is 10.0. The second-order valence-corrected chi connectivity index (χ2v) is 7.32. The molecule has 0 aliphatic carbocycles. The number of amides is 2. The van der Waals surface area contributed by atoms with Crippen molar-refractivity contribution < 1.29 is 4.79 Å². The van der Waals surface area contributed by atoms with E-state index in [0.717, 1.165) is 32.5 Å². The third-order valence-corrected chi connectivity index (χ3v) is 4.95. The summed E-state index contributed by atoms with van der Waals surface area (Å²) in [4.78, 5) is 15.7. The third-order valence-electron chi connectivity index (χ3n) is 3.92. The van der Waals surface area contributed by atoms with Crippen LogP contribution in [0, 0.1) is 12.8 Å². The molecule has 21 heavy (non-hydrogen) atoms. The van der Waals surface area contributed by atoms with Gasteiger partial charge < -0.3 is 15.5 Å². The van der Waals surface area contributed by atoms with Gasteiger partial charge in [0.2, 0.25) is 0 Å². The van der Waals surface area contributed by atoms with Crippen LogP contribution in [-0.2, 0) is 6.54 Å². The zero-order valence-electron chi connectivity index (χ0n) is 13.3. The molecule has 0 aromatic carbocycles. The molecule has 5 heteroatoms. The van der Waals surface area contributed by atoms with Gasteiger partial charge in [-0.15, -0.1) is 11.3 Å². The Morgan fingerprint density at radius 3 is 2.71 bits per heavy atom. The van der Waals surface area contributed by atoms with Crippen LogP contribution in [0.5, 0.6) is 0 Å². The van der Waals surface area contributed by atoms with Gasteiger partial charge in [-0.25, -0.2) is 4.79 Å². The molecule has 1 fully saturated rings. The first-order chi connectivity index (χ1) is 10.0. The van der Waals surface area contributed by atoms with E-state index >= 15 is 0 Å². The molecule has 0 atom stereocenters.